The first kappa shape index (κ1) is 14.6. The largest absolute Gasteiger partial charge is 0.326 e. The highest BCUT2D eigenvalue weighted by molar-refractivity contribution is 7.89. The lowest BCUT2D eigenvalue weighted by Gasteiger charge is -2.24. The Morgan fingerprint density at radius 1 is 1.47 bits per heavy atom. The fourth-order valence-electron chi connectivity index (χ4n) is 1.48. The van der Waals surface area contributed by atoms with Crippen LogP contribution in [-0.2, 0) is 16.6 Å². The molecular weight excluding hydrogens is 256 g/mol. The maximum atomic E-state index is 12.3. The van der Waals surface area contributed by atoms with Crippen molar-refractivity contribution in [2.75, 3.05) is 0 Å². The minimum Gasteiger partial charge on any atom is -0.326 e. The Morgan fingerprint density at radius 3 is 2.53 bits per heavy atom. The minimum atomic E-state index is -3.48. The van der Waals surface area contributed by atoms with Crippen molar-refractivity contribution in [3.05, 3.63) is 15.8 Å². The minimum absolute atomic E-state index is 0.251. The molecule has 0 atom stereocenters. The molecule has 0 fully saturated rings. The zero-order chi connectivity index (χ0) is 13.3. The predicted octanol–water partition coefficient (Wildman–Crippen LogP) is 1.98. The standard InChI is InChI=1S/C11H20N2O2S2/c1-5-11(3,4)13-17(14,15)10-8(2)7-16-9(10)6-12/h7,13H,5-6,12H2,1-4H3. The van der Waals surface area contributed by atoms with Gasteiger partial charge in [0.05, 0.1) is 0 Å². The Kier molecular flexibility index (Phi) is 4.35. The molecule has 98 valence electrons. The SMILES string of the molecule is CCC(C)(C)NS(=O)(=O)c1c(C)csc1CN. The molecule has 0 aliphatic carbocycles. The highest BCUT2D eigenvalue weighted by Gasteiger charge is 2.28. The molecule has 0 saturated carbocycles. The molecule has 17 heavy (non-hydrogen) atoms. The first-order chi connectivity index (χ1) is 7.73. The Morgan fingerprint density at radius 2 is 2.06 bits per heavy atom. The van der Waals surface area contributed by atoms with E-state index in [-0.39, 0.29) is 6.54 Å². The van der Waals surface area contributed by atoms with E-state index < -0.39 is 15.6 Å². The molecule has 1 rings (SSSR count). The second-order valence-electron chi connectivity index (χ2n) is 4.72. The van der Waals surface area contributed by atoms with Crippen molar-refractivity contribution in [1.82, 2.24) is 4.72 Å². The summed E-state index contributed by atoms with van der Waals surface area (Å²) in [6, 6.07) is 0. The number of sulfonamides is 1. The van der Waals surface area contributed by atoms with Crippen LogP contribution in [0, 0.1) is 6.92 Å². The highest BCUT2D eigenvalue weighted by atomic mass is 32.2. The third kappa shape index (κ3) is 3.28. The highest BCUT2D eigenvalue weighted by Crippen LogP contribution is 2.27. The second-order valence-corrected chi connectivity index (χ2v) is 7.30. The fourth-order valence-corrected chi connectivity index (χ4v) is 4.66. The van der Waals surface area contributed by atoms with Crippen molar-refractivity contribution in [3.63, 3.8) is 0 Å². The van der Waals surface area contributed by atoms with Gasteiger partial charge in [-0.1, -0.05) is 6.92 Å². The number of hydrogen-bond acceptors (Lipinski definition) is 4. The number of nitrogens with two attached hydrogens (primary N) is 1. The van der Waals surface area contributed by atoms with E-state index in [1.165, 1.54) is 11.3 Å². The third-order valence-electron chi connectivity index (χ3n) is 2.74. The van der Waals surface area contributed by atoms with Gasteiger partial charge in [-0.2, -0.15) is 0 Å². The summed E-state index contributed by atoms with van der Waals surface area (Å²) < 4.78 is 27.3. The summed E-state index contributed by atoms with van der Waals surface area (Å²) >= 11 is 1.39. The van der Waals surface area contributed by atoms with Crippen molar-refractivity contribution in [1.29, 1.82) is 0 Å². The van der Waals surface area contributed by atoms with Crippen molar-refractivity contribution in [2.45, 2.75) is 51.1 Å². The number of nitrogens with one attached hydrogen (secondary N) is 1. The molecule has 0 amide bonds. The summed E-state index contributed by atoms with van der Waals surface area (Å²) in [6.45, 7) is 7.74. The average molecular weight is 276 g/mol. The van der Waals surface area contributed by atoms with Gasteiger partial charge in [0.25, 0.3) is 0 Å². The van der Waals surface area contributed by atoms with E-state index in [0.29, 0.717) is 9.77 Å². The Balaban J connectivity index is 3.18. The van der Waals surface area contributed by atoms with Crippen LogP contribution in [0.15, 0.2) is 10.3 Å². The van der Waals surface area contributed by atoms with Crippen LogP contribution in [0.4, 0.5) is 0 Å². The topological polar surface area (TPSA) is 72.2 Å². The van der Waals surface area contributed by atoms with E-state index in [9.17, 15) is 8.42 Å². The number of aryl methyl sites for hydroxylation is 1. The molecule has 0 spiro atoms. The van der Waals surface area contributed by atoms with Gasteiger partial charge in [0.1, 0.15) is 4.90 Å². The summed E-state index contributed by atoms with van der Waals surface area (Å²) in [5.74, 6) is 0. The maximum absolute atomic E-state index is 12.3. The molecule has 0 radical (unpaired) electrons. The molecule has 0 aliphatic rings. The van der Waals surface area contributed by atoms with Crippen LogP contribution in [-0.4, -0.2) is 14.0 Å². The number of thiophene rings is 1. The van der Waals surface area contributed by atoms with Gasteiger partial charge in [-0.15, -0.1) is 11.3 Å². The lowest BCUT2D eigenvalue weighted by atomic mass is 10.0. The lowest BCUT2D eigenvalue weighted by molar-refractivity contribution is 0.439. The molecule has 0 aromatic carbocycles. The van der Waals surface area contributed by atoms with Crippen LogP contribution in [0.5, 0.6) is 0 Å². The van der Waals surface area contributed by atoms with Gasteiger partial charge in [0, 0.05) is 17.0 Å². The molecule has 0 bridgehead atoms. The van der Waals surface area contributed by atoms with E-state index in [0.717, 1.165) is 12.0 Å². The van der Waals surface area contributed by atoms with Gasteiger partial charge >= 0.3 is 0 Å². The van der Waals surface area contributed by atoms with Crippen molar-refractivity contribution >= 4 is 21.4 Å². The monoisotopic (exact) mass is 276 g/mol. The molecule has 0 aliphatic heterocycles. The molecule has 3 N–H and O–H groups in total. The molecule has 1 aromatic rings. The van der Waals surface area contributed by atoms with Gasteiger partial charge < -0.3 is 5.73 Å². The van der Waals surface area contributed by atoms with Crippen LogP contribution < -0.4 is 10.5 Å². The van der Waals surface area contributed by atoms with Crippen molar-refractivity contribution in [2.24, 2.45) is 5.73 Å². The molecule has 1 heterocycles. The van der Waals surface area contributed by atoms with E-state index >= 15 is 0 Å². The van der Waals surface area contributed by atoms with Gasteiger partial charge in [0.15, 0.2) is 0 Å². The van der Waals surface area contributed by atoms with Crippen LogP contribution in [0.2, 0.25) is 0 Å². The first-order valence-electron chi connectivity index (χ1n) is 5.54. The van der Waals surface area contributed by atoms with Gasteiger partial charge in [0.2, 0.25) is 10.0 Å². The van der Waals surface area contributed by atoms with Crippen LogP contribution in [0.25, 0.3) is 0 Å². The Labute approximate surface area is 107 Å². The third-order valence-corrected chi connectivity index (χ3v) is 5.92. The van der Waals surface area contributed by atoms with Gasteiger partial charge in [-0.3, -0.25) is 0 Å². The molecule has 4 nitrogen and oxygen atoms in total. The normalized spacial score (nSPS) is 13.0. The number of hydrogen-bond donors (Lipinski definition) is 2. The summed E-state index contributed by atoms with van der Waals surface area (Å²) in [7, 11) is -3.48. The smallest absolute Gasteiger partial charge is 0.242 e. The summed E-state index contributed by atoms with van der Waals surface area (Å²) in [6.07, 6.45) is 0.730. The van der Waals surface area contributed by atoms with E-state index in [1.54, 1.807) is 6.92 Å². The zero-order valence-electron chi connectivity index (χ0n) is 10.7. The molecule has 0 unspecified atom stereocenters. The molecule has 6 heteroatoms. The van der Waals surface area contributed by atoms with Gasteiger partial charge in [-0.05, 0) is 38.1 Å². The Bertz CT molecular complexity index is 490. The average Bonchev–Trinajstić information content (AvgIpc) is 2.58. The van der Waals surface area contributed by atoms with Crippen LogP contribution in [0.1, 0.15) is 37.6 Å². The van der Waals surface area contributed by atoms with E-state index in [2.05, 4.69) is 4.72 Å². The maximum Gasteiger partial charge on any atom is 0.242 e. The number of rotatable bonds is 5. The van der Waals surface area contributed by atoms with E-state index in [4.69, 9.17) is 5.73 Å². The van der Waals surface area contributed by atoms with Crippen molar-refractivity contribution < 1.29 is 8.42 Å². The lowest BCUT2D eigenvalue weighted by Crippen LogP contribution is -2.43. The van der Waals surface area contributed by atoms with E-state index in [1.807, 2.05) is 26.2 Å². The quantitative estimate of drug-likeness (QED) is 0.863. The predicted molar refractivity (Wildman–Crippen MR) is 71.6 cm³/mol. The molecular formula is C11H20N2O2S2. The second kappa shape index (κ2) is 5.06. The summed E-state index contributed by atoms with van der Waals surface area (Å²) in [5.41, 5.74) is 5.89. The first-order valence-corrected chi connectivity index (χ1v) is 7.91. The summed E-state index contributed by atoms with van der Waals surface area (Å²) in [5, 5.41) is 1.83. The Hall–Kier alpha value is -0.430. The van der Waals surface area contributed by atoms with Gasteiger partial charge in [-0.25, -0.2) is 13.1 Å². The zero-order valence-corrected chi connectivity index (χ0v) is 12.3. The fraction of sp³-hybridized carbons (Fsp3) is 0.636. The molecule has 0 saturated heterocycles. The molecule has 1 aromatic heterocycles. The van der Waals surface area contributed by atoms with Crippen LogP contribution in [0.3, 0.4) is 0 Å². The van der Waals surface area contributed by atoms with Crippen molar-refractivity contribution in [3.8, 4) is 0 Å². The van der Waals surface area contributed by atoms with Crippen LogP contribution >= 0.6 is 11.3 Å². The summed E-state index contributed by atoms with van der Waals surface area (Å²) in [4.78, 5) is 1.06.